The second-order valence-corrected chi connectivity index (χ2v) is 4.74. The highest BCUT2D eigenvalue weighted by molar-refractivity contribution is 8.00. The van der Waals surface area contributed by atoms with Crippen molar-refractivity contribution in [3.8, 4) is 0 Å². The van der Waals surface area contributed by atoms with Crippen LogP contribution in [-0.2, 0) is 6.42 Å². The third-order valence-corrected chi connectivity index (χ3v) is 3.35. The molecule has 0 saturated carbocycles. The maximum atomic E-state index is 10.7. The molecule has 1 aliphatic heterocycles. The number of carbonyl (C=O) groups is 1. The third kappa shape index (κ3) is 1.56. The van der Waals surface area contributed by atoms with E-state index in [4.69, 9.17) is 5.11 Å². The van der Waals surface area contributed by atoms with E-state index in [9.17, 15) is 4.79 Å². The number of carboxylic acid groups (broad SMARTS) is 1. The molecule has 68 valence electrons. The topological polar surface area (TPSA) is 37.3 Å². The Balaban J connectivity index is 2.40. The van der Waals surface area contributed by atoms with Crippen LogP contribution < -0.4 is 0 Å². The quantitative estimate of drug-likeness (QED) is 0.746. The van der Waals surface area contributed by atoms with E-state index in [-0.39, 0.29) is 0 Å². The number of aromatic carboxylic acids is 1. The van der Waals surface area contributed by atoms with Crippen molar-refractivity contribution in [1.82, 2.24) is 0 Å². The molecule has 0 radical (unpaired) electrons. The van der Waals surface area contributed by atoms with Crippen molar-refractivity contribution in [2.24, 2.45) is 0 Å². The average molecular weight is 194 g/mol. The summed E-state index contributed by atoms with van der Waals surface area (Å²) in [5, 5.41) is 9.36. The van der Waals surface area contributed by atoms with Crippen molar-refractivity contribution >= 4 is 17.7 Å². The molecule has 1 N–H and O–H groups in total. The molecule has 0 fully saturated rings. The van der Waals surface area contributed by atoms with Crippen LogP contribution in [0.3, 0.4) is 0 Å². The van der Waals surface area contributed by atoms with E-state index in [1.807, 2.05) is 6.07 Å². The minimum absolute atomic E-state index is 0.389. The van der Waals surface area contributed by atoms with Crippen molar-refractivity contribution in [2.75, 3.05) is 0 Å². The number of hydrogen-bond donors (Lipinski definition) is 1. The SMILES string of the molecule is CC1Cc2ccc(C(=O)O)cc2S1. The van der Waals surface area contributed by atoms with Crippen LogP contribution in [0.2, 0.25) is 0 Å². The first kappa shape index (κ1) is 8.63. The molecular weight excluding hydrogens is 184 g/mol. The van der Waals surface area contributed by atoms with E-state index in [1.54, 1.807) is 23.9 Å². The molecule has 0 aromatic heterocycles. The van der Waals surface area contributed by atoms with Gasteiger partial charge in [-0.25, -0.2) is 4.79 Å². The smallest absolute Gasteiger partial charge is 0.335 e. The van der Waals surface area contributed by atoms with Gasteiger partial charge in [-0.05, 0) is 24.1 Å². The summed E-state index contributed by atoms with van der Waals surface area (Å²) in [6, 6.07) is 5.38. The van der Waals surface area contributed by atoms with Crippen LogP contribution in [0, 0.1) is 0 Å². The maximum Gasteiger partial charge on any atom is 0.335 e. The van der Waals surface area contributed by atoms with E-state index in [0.29, 0.717) is 10.8 Å². The molecule has 2 rings (SSSR count). The van der Waals surface area contributed by atoms with Gasteiger partial charge in [0.25, 0.3) is 0 Å². The molecule has 1 aromatic rings. The molecule has 1 heterocycles. The Morgan fingerprint density at radius 1 is 1.62 bits per heavy atom. The highest BCUT2D eigenvalue weighted by Gasteiger charge is 2.19. The zero-order valence-corrected chi connectivity index (χ0v) is 8.10. The highest BCUT2D eigenvalue weighted by atomic mass is 32.2. The fourth-order valence-corrected chi connectivity index (χ4v) is 2.73. The predicted octanol–water partition coefficient (Wildman–Crippen LogP) is 2.42. The zero-order valence-electron chi connectivity index (χ0n) is 7.28. The second kappa shape index (κ2) is 3.07. The minimum atomic E-state index is -0.844. The van der Waals surface area contributed by atoms with Crippen LogP contribution in [0.15, 0.2) is 23.1 Å². The van der Waals surface area contributed by atoms with Crippen LogP contribution in [0.4, 0.5) is 0 Å². The van der Waals surface area contributed by atoms with Gasteiger partial charge in [0.15, 0.2) is 0 Å². The average Bonchev–Trinajstić information content (AvgIpc) is 2.42. The lowest BCUT2D eigenvalue weighted by Crippen LogP contribution is -1.96. The van der Waals surface area contributed by atoms with E-state index in [0.717, 1.165) is 11.3 Å². The van der Waals surface area contributed by atoms with Gasteiger partial charge in [-0.2, -0.15) is 0 Å². The predicted molar refractivity (Wildman–Crippen MR) is 52.4 cm³/mol. The lowest BCUT2D eigenvalue weighted by molar-refractivity contribution is 0.0696. The van der Waals surface area contributed by atoms with Gasteiger partial charge in [-0.3, -0.25) is 0 Å². The van der Waals surface area contributed by atoms with Gasteiger partial charge in [0.05, 0.1) is 5.56 Å². The van der Waals surface area contributed by atoms with Crippen molar-refractivity contribution in [2.45, 2.75) is 23.5 Å². The second-order valence-electron chi connectivity index (χ2n) is 3.26. The number of rotatable bonds is 1. The number of benzene rings is 1. The Bertz CT molecular complexity index is 360. The third-order valence-electron chi connectivity index (χ3n) is 2.15. The molecule has 2 nitrogen and oxygen atoms in total. The molecule has 1 atom stereocenters. The standard InChI is InChI=1S/C10H10O2S/c1-6-4-7-2-3-8(10(11)12)5-9(7)13-6/h2-3,5-6H,4H2,1H3,(H,11,12). The Morgan fingerprint density at radius 2 is 2.38 bits per heavy atom. The molecule has 0 saturated heterocycles. The van der Waals surface area contributed by atoms with Gasteiger partial charge in [0.1, 0.15) is 0 Å². The lowest BCUT2D eigenvalue weighted by Gasteiger charge is -1.98. The van der Waals surface area contributed by atoms with E-state index < -0.39 is 5.97 Å². The van der Waals surface area contributed by atoms with Gasteiger partial charge < -0.3 is 5.11 Å². The van der Waals surface area contributed by atoms with Crippen LogP contribution in [0.5, 0.6) is 0 Å². The normalized spacial score (nSPS) is 19.9. The summed E-state index contributed by atoms with van der Waals surface area (Å²) in [5.74, 6) is -0.844. The zero-order chi connectivity index (χ0) is 9.42. The van der Waals surface area contributed by atoms with E-state index in [1.165, 1.54) is 5.56 Å². The van der Waals surface area contributed by atoms with Crippen molar-refractivity contribution in [1.29, 1.82) is 0 Å². The molecule has 13 heavy (non-hydrogen) atoms. The van der Waals surface area contributed by atoms with Crippen LogP contribution >= 0.6 is 11.8 Å². The summed E-state index contributed by atoms with van der Waals surface area (Å²) < 4.78 is 0. The fraction of sp³-hybridized carbons (Fsp3) is 0.300. The van der Waals surface area contributed by atoms with Crippen LogP contribution in [-0.4, -0.2) is 16.3 Å². The molecule has 0 amide bonds. The first-order valence-electron chi connectivity index (χ1n) is 4.19. The number of carboxylic acids is 1. The first-order valence-corrected chi connectivity index (χ1v) is 5.07. The summed E-state index contributed by atoms with van der Waals surface area (Å²) in [5.41, 5.74) is 1.67. The Morgan fingerprint density at radius 3 is 3.08 bits per heavy atom. The first-order chi connectivity index (χ1) is 6.16. The summed E-state index contributed by atoms with van der Waals surface area (Å²) in [7, 11) is 0. The van der Waals surface area contributed by atoms with Crippen LogP contribution in [0.1, 0.15) is 22.8 Å². The Hall–Kier alpha value is -0.960. The monoisotopic (exact) mass is 194 g/mol. The Labute approximate surface area is 81.0 Å². The van der Waals surface area contributed by atoms with Crippen molar-refractivity contribution < 1.29 is 9.90 Å². The van der Waals surface area contributed by atoms with Gasteiger partial charge >= 0.3 is 5.97 Å². The molecule has 1 aromatic carbocycles. The maximum absolute atomic E-state index is 10.7. The summed E-state index contributed by atoms with van der Waals surface area (Å²) in [6.45, 7) is 2.16. The van der Waals surface area contributed by atoms with E-state index >= 15 is 0 Å². The largest absolute Gasteiger partial charge is 0.478 e. The number of thioether (sulfide) groups is 1. The van der Waals surface area contributed by atoms with Gasteiger partial charge in [-0.15, -0.1) is 11.8 Å². The van der Waals surface area contributed by atoms with Crippen LogP contribution in [0.25, 0.3) is 0 Å². The summed E-state index contributed by atoms with van der Waals surface area (Å²) in [4.78, 5) is 11.8. The molecule has 0 aliphatic carbocycles. The van der Waals surface area contributed by atoms with Gasteiger partial charge in [0, 0.05) is 10.1 Å². The molecule has 1 unspecified atom stereocenters. The fourth-order valence-electron chi connectivity index (χ4n) is 1.53. The van der Waals surface area contributed by atoms with Crippen molar-refractivity contribution in [3.05, 3.63) is 29.3 Å². The van der Waals surface area contributed by atoms with E-state index in [2.05, 4.69) is 6.92 Å². The molecule has 3 heteroatoms. The summed E-state index contributed by atoms with van der Waals surface area (Å²) >= 11 is 1.76. The molecule has 0 spiro atoms. The van der Waals surface area contributed by atoms with Gasteiger partial charge in [0.2, 0.25) is 0 Å². The minimum Gasteiger partial charge on any atom is -0.478 e. The lowest BCUT2D eigenvalue weighted by atomic mass is 10.1. The molecule has 0 bridgehead atoms. The highest BCUT2D eigenvalue weighted by Crippen LogP contribution is 2.37. The number of hydrogen-bond acceptors (Lipinski definition) is 2. The molecule has 1 aliphatic rings. The Kier molecular flexibility index (Phi) is 2.04. The molecular formula is C10H10O2S. The van der Waals surface area contributed by atoms with Gasteiger partial charge in [-0.1, -0.05) is 13.0 Å². The van der Waals surface area contributed by atoms with Crippen molar-refractivity contribution in [3.63, 3.8) is 0 Å². The number of fused-ring (bicyclic) bond motifs is 1. The summed E-state index contributed by atoms with van der Waals surface area (Å²) in [6.07, 6.45) is 1.06.